The van der Waals surface area contributed by atoms with E-state index in [2.05, 4.69) is 21.8 Å². The number of phenolic OH excluding ortho intramolecular Hbond substituents is 1. The molecule has 3 aliphatic rings. The average molecular weight is 555 g/mol. The number of anilines is 1. The lowest BCUT2D eigenvalue weighted by atomic mass is 9.78. The van der Waals surface area contributed by atoms with Gasteiger partial charge in [0.2, 0.25) is 0 Å². The molecule has 3 aliphatic heterocycles. The highest BCUT2D eigenvalue weighted by Crippen LogP contribution is 2.41. The van der Waals surface area contributed by atoms with Gasteiger partial charge in [0.05, 0.1) is 12.8 Å². The molecule has 0 saturated carbocycles. The monoisotopic (exact) mass is 554 g/mol. The van der Waals surface area contributed by atoms with Gasteiger partial charge >= 0.3 is 0 Å². The number of likely N-dealkylation sites (tertiary alicyclic amines) is 2. The number of ether oxygens (including phenoxy) is 2. The van der Waals surface area contributed by atoms with Crippen LogP contribution in [-0.2, 0) is 6.42 Å². The molecule has 3 aromatic carbocycles. The topological polar surface area (TPSA) is 81.3 Å². The van der Waals surface area contributed by atoms with Crippen molar-refractivity contribution < 1.29 is 19.4 Å². The zero-order valence-corrected chi connectivity index (χ0v) is 23.9. The van der Waals surface area contributed by atoms with Gasteiger partial charge in [-0.05, 0) is 80.9 Å². The number of benzene rings is 3. The minimum Gasteiger partial charge on any atom is -0.507 e. The molecule has 0 atom stereocenters. The fraction of sp³-hybridized carbons (Fsp3) is 0.424. The largest absolute Gasteiger partial charge is 0.507 e. The van der Waals surface area contributed by atoms with E-state index in [-0.39, 0.29) is 11.7 Å². The summed E-state index contributed by atoms with van der Waals surface area (Å²) in [7, 11) is 3.88. The number of methoxy groups -OCH3 is 1. The third kappa shape index (κ3) is 4.69. The molecule has 8 heteroatoms. The molecular formula is C33H38N4O4. The number of nitrogens with one attached hydrogen (secondary N) is 1. The number of hydrogen-bond donors (Lipinski definition) is 2. The first kappa shape index (κ1) is 26.2. The van der Waals surface area contributed by atoms with Crippen molar-refractivity contribution in [2.24, 2.45) is 5.41 Å². The lowest BCUT2D eigenvalue weighted by Gasteiger charge is -2.39. The summed E-state index contributed by atoms with van der Waals surface area (Å²) < 4.78 is 11.9. The van der Waals surface area contributed by atoms with Crippen molar-refractivity contribution in [1.82, 2.24) is 14.8 Å². The van der Waals surface area contributed by atoms with E-state index < -0.39 is 0 Å². The smallest absolute Gasteiger partial charge is 0.274 e. The Morgan fingerprint density at radius 1 is 1.00 bits per heavy atom. The zero-order valence-electron chi connectivity index (χ0n) is 23.9. The van der Waals surface area contributed by atoms with Crippen LogP contribution in [0.25, 0.3) is 21.7 Å². The Balaban J connectivity index is 1.05. The quantitative estimate of drug-likeness (QED) is 0.348. The van der Waals surface area contributed by atoms with E-state index in [1.807, 2.05) is 42.5 Å². The van der Waals surface area contributed by atoms with Crippen LogP contribution in [0, 0.1) is 5.41 Å². The first-order valence-corrected chi connectivity index (χ1v) is 14.7. The van der Waals surface area contributed by atoms with Crippen LogP contribution in [0.3, 0.4) is 0 Å². The highest BCUT2D eigenvalue weighted by atomic mass is 16.5. The zero-order chi connectivity index (χ0) is 28.1. The second kappa shape index (κ2) is 10.3. The highest BCUT2D eigenvalue weighted by molar-refractivity contribution is 6.11. The number of hydrogen-bond acceptors (Lipinski definition) is 6. The first-order valence-electron chi connectivity index (χ1n) is 14.7. The van der Waals surface area contributed by atoms with Crippen LogP contribution in [0.15, 0.2) is 48.5 Å². The number of aromatic hydroxyl groups is 1. The first-order chi connectivity index (χ1) is 19.9. The van der Waals surface area contributed by atoms with Gasteiger partial charge in [-0.3, -0.25) is 9.69 Å². The summed E-state index contributed by atoms with van der Waals surface area (Å²) >= 11 is 0. The van der Waals surface area contributed by atoms with E-state index in [1.54, 1.807) is 18.1 Å². The second-order valence-corrected chi connectivity index (χ2v) is 12.1. The summed E-state index contributed by atoms with van der Waals surface area (Å²) in [5, 5.41) is 13.4. The predicted octanol–water partition coefficient (Wildman–Crippen LogP) is 5.03. The van der Waals surface area contributed by atoms with Crippen LogP contribution in [0.5, 0.6) is 17.2 Å². The number of carbonyl (C=O) groups is 1. The Bertz CT molecular complexity index is 1620. The van der Waals surface area contributed by atoms with Crippen molar-refractivity contribution >= 4 is 33.3 Å². The predicted molar refractivity (Wildman–Crippen MR) is 162 cm³/mol. The van der Waals surface area contributed by atoms with Crippen molar-refractivity contribution in [2.75, 3.05) is 64.9 Å². The van der Waals surface area contributed by atoms with Gasteiger partial charge in [-0.1, -0.05) is 24.3 Å². The Labute approximate surface area is 240 Å². The van der Waals surface area contributed by atoms with Gasteiger partial charge in [0.1, 0.15) is 18.1 Å². The van der Waals surface area contributed by atoms with Gasteiger partial charge in [0.25, 0.3) is 5.91 Å². The molecule has 2 fully saturated rings. The maximum absolute atomic E-state index is 13.7. The van der Waals surface area contributed by atoms with E-state index >= 15 is 0 Å². The Morgan fingerprint density at radius 2 is 1.78 bits per heavy atom. The number of H-pyrrole nitrogens is 1. The molecule has 1 aromatic heterocycles. The van der Waals surface area contributed by atoms with Crippen LogP contribution in [0.1, 0.15) is 35.3 Å². The molecular weight excluding hydrogens is 516 g/mol. The fourth-order valence-electron chi connectivity index (χ4n) is 7.24. The third-order valence-electron chi connectivity index (χ3n) is 9.58. The van der Waals surface area contributed by atoms with Gasteiger partial charge in [-0.2, -0.15) is 0 Å². The molecule has 1 spiro atoms. The molecule has 1 amide bonds. The van der Waals surface area contributed by atoms with E-state index in [0.717, 1.165) is 59.0 Å². The van der Waals surface area contributed by atoms with E-state index in [1.165, 1.54) is 32.4 Å². The van der Waals surface area contributed by atoms with Crippen molar-refractivity contribution in [2.45, 2.75) is 25.7 Å². The molecule has 0 aliphatic carbocycles. The van der Waals surface area contributed by atoms with E-state index in [9.17, 15) is 9.90 Å². The summed E-state index contributed by atoms with van der Waals surface area (Å²) in [4.78, 5) is 23.7. The number of aromatic nitrogens is 1. The summed E-state index contributed by atoms with van der Waals surface area (Å²) in [5.74, 6) is 1.41. The normalized spacial score (nSPS) is 18.9. The summed E-state index contributed by atoms with van der Waals surface area (Å²) in [6, 6.07) is 15.3. The van der Waals surface area contributed by atoms with Crippen LogP contribution >= 0.6 is 0 Å². The molecule has 4 heterocycles. The van der Waals surface area contributed by atoms with E-state index in [4.69, 9.17) is 9.47 Å². The Hall–Kier alpha value is -3.75. The molecule has 2 saturated heterocycles. The average Bonchev–Trinajstić information content (AvgIpc) is 3.70. The molecule has 2 N–H and O–H groups in total. The molecule has 8 nitrogen and oxygen atoms in total. The number of carbonyl (C=O) groups excluding carboxylic acids is 1. The Kier molecular flexibility index (Phi) is 6.55. The van der Waals surface area contributed by atoms with Gasteiger partial charge in [0.15, 0.2) is 11.5 Å². The molecule has 4 aromatic rings. The fourth-order valence-corrected chi connectivity index (χ4v) is 7.24. The summed E-state index contributed by atoms with van der Waals surface area (Å²) in [6.07, 6.45) is 4.62. The Morgan fingerprint density at radius 3 is 2.54 bits per heavy atom. The number of nitrogens with zero attached hydrogens (tertiary/aromatic N) is 3. The number of amides is 1. The van der Waals surface area contributed by atoms with Crippen LogP contribution in [0.4, 0.5) is 5.69 Å². The number of aromatic amines is 1. The molecule has 7 rings (SSSR count). The van der Waals surface area contributed by atoms with Crippen LogP contribution in [-0.4, -0.2) is 85.8 Å². The molecule has 214 valence electrons. The van der Waals surface area contributed by atoms with Gasteiger partial charge < -0.3 is 29.4 Å². The third-order valence-corrected chi connectivity index (χ3v) is 9.58. The molecule has 0 unspecified atom stereocenters. The lowest BCUT2D eigenvalue weighted by molar-refractivity contribution is 0.0976. The highest BCUT2D eigenvalue weighted by Gasteiger charge is 2.39. The maximum Gasteiger partial charge on any atom is 0.274 e. The number of piperidine rings is 1. The van der Waals surface area contributed by atoms with Crippen LogP contribution in [0.2, 0.25) is 0 Å². The van der Waals surface area contributed by atoms with Gasteiger partial charge in [-0.25, -0.2) is 0 Å². The van der Waals surface area contributed by atoms with E-state index in [0.29, 0.717) is 35.8 Å². The van der Waals surface area contributed by atoms with Crippen molar-refractivity contribution in [3.05, 3.63) is 59.8 Å². The standard InChI is InChI=1S/C33H38N4O4/c1-35-12-8-33(21-35)9-13-36(14-10-33)15-16-41-31-18-22-17-27(34-26(22)19-30(31)40-2)32(39)37-11-7-24-23-5-3-4-6-25(23)29(38)20-28(24)37/h3-6,17-20,34,38H,7-16,21H2,1-2H3. The SMILES string of the molecule is COc1cc2[nH]c(C(=O)N3CCc4c3cc(O)c3ccccc43)cc2cc1OCCN1CCC2(CCN(C)C2)CC1. The maximum atomic E-state index is 13.7. The molecule has 0 bridgehead atoms. The minimum atomic E-state index is -0.118. The summed E-state index contributed by atoms with van der Waals surface area (Å²) in [6.45, 7) is 6.77. The molecule has 41 heavy (non-hydrogen) atoms. The molecule has 0 radical (unpaired) electrons. The second-order valence-electron chi connectivity index (χ2n) is 12.1. The van der Waals surface area contributed by atoms with Gasteiger partial charge in [-0.15, -0.1) is 0 Å². The number of fused-ring (bicyclic) bond motifs is 4. The number of phenols is 1. The van der Waals surface area contributed by atoms with Crippen molar-refractivity contribution in [3.63, 3.8) is 0 Å². The van der Waals surface area contributed by atoms with Crippen LogP contribution < -0.4 is 14.4 Å². The van der Waals surface area contributed by atoms with Crippen molar-refractivity contribution in [1.29, 1.82) is 0 Å². The van der Waals surface area contributed by atoms with Gasteiger partial charge in [0, 0.05) is 48.1 Å². The number of rotatable bonds is 6. The minimum absolute atomic E-state index is 0.118. The summed E-state index contributed by atoms with van der Waals surface area (Å²) in [5.41, 5.74) is 3.71. The lowest BCUT2D eigenvalue weighted by Crippen LogP contribution is -2.42. The van der Waals surface area contributed by atoms with Crippen molar-refractivity contribution in [3.8, 4) is 17.2 Å².